The second-order valence-electron chi connectivity index (χ2n) is 3.68. The molecular weight excluding hydrogens is 206 g/mol. The van der Waals surface area contributed by atoms with Gasteiger partial charge in [-0.05, 0) is 31.0 Å². The molecule has 2 N–H and O–H groups in total. The van der Waals surface area contributed by atoms with E-state index < -0.39 is 6.09 Å². The van der Waals surface area contributed by atoms with Gasteiger partial charge in [0, 0.05) is 0 Å². The molecule has 0 radical (unpaired) electrons. The number of benzene rings is 1. The van der Waals surface area contributed by atoms with E-state index in [1.54, 1.807) is 0 Å². The number of nitrogens with one attached hydrogen (secondary N) is 2. The molecule has 1 aromatic heterocycles. The van der Waals surface area contributed by atoms with Gasteiger partial charge in [0.1, 0.15) is 0 Å². The smallest absolute Gasteiger partial charge is 0.413 e. The minimum absolute atomic E-state index is 0.399. The fraction of sp³-hybridized carbons (Fsp3) is 0.273. The SMILES string of the molecule is COC(=O)Nc1nc2c(C)cc(C)cc2[nH]1. The Labute approximate surface area is 92.8 Å². The van der Waals surface area contributed by atoms with Crippen LogP contribution in [-0.4, -0.2) is 23.2 Å². The van der Waals surface area contributed by atoms with Crippen LogP contribution in [0.5, 0.6) is 0 Å². The van der Waals surface area contributed by atoms with Crippen molar-refractivity contribution in [2.75, 3.05) is 12.4 Å². The molecule has 2 rings (SSSR count). The largest absolute Gasteiger partial charge is 0.453 e. The third-order valence-corrected chi connectivity index (χ3v) is 2.33. The summed E-state index contributed by atoms with van der Waals surface area (Å²) in [5, 5.41) is 2.50. The number of hydrogen-bond donors (Lipinski definition) is 2. The summed E-state index contributed by atoms with van der Waals surface area (Å²) in [6.07, 6.45) is -0.534. The number of aromatic nitrogens is 2. The molecule has 84 valence electrons. The first kappa shape index (κ1) is 10.5. The van der Waals surface area contributed by atoms with Gasteiger partial charge in [-0.15, -0.1) is 0 Å². The van der Waals surface area contributed by atoms with E-state index in [0.29, 0.717) is 5.95 Å². The summed E-state index contributed by atoms with van der Waals surface area (Å²) >= 11 is 0. The van der Waals surface area contributed by atoms with Crippen LogP contribution >= 0.6 is 0 Å². The number of fused-ring (bicyclic) bond motifs is 1. The molecule has 0 aliphatic carbocycles. The number of anilines is 1. The summed E-state index contributed by atoms with van der Waals surface area (Å²) in [6, 6.07) is 4.03. The first-order valence-electron chi connectivity index (χ1n) is 4.92. The van der Waals surface area contributed by atoms with Gasteiger partial charge < -0.3 is 9.72 Å². The molecule has 0 spiro atoms. The summed E-state index contributed by atoms with van der Waals surface area (Å²) in [4.78, 5) is 18.3. The highest BCUT2D eigenvalue weighted by atomic mass is 16.5. The maximum absolute atomic E-state index is 11.0. The summed E-state index contributed by atoms with van der Waals surface area (Å²) in [7, 11) is 1.31. The number of nitrogens with zero attached hydrogens (tertiary/aromatic N) is 1. The first-order chi connectivity index (χ1) is 7.60. The van der Waals surface area contributed by atoms with E-state index in [2.05, 4.69) is 20.0 Å². The molecule has 0 saturated carbocycles. The molecule has 0 saturated heterocycles. The number of amides is 1. The lowest BCUT2D eigenvalue weighted by Gasteiger charge is -1.96. The summed E-state index contributed by atoms with van der Waals surface area (Å²) in [5.41, 5.74) is 3.99. The number of aromatic amines is 1. The molecule has 1 amide bonds. The van der Waals surface area contributed by atoms with Gasteiger partial charge in [-0.2, -0.15) is 0 Å². The quantitative estimate of drug-likeness (QED) is 0.773. The van der Waals surface area contributed by atoms with E-state index in [-0.39, 0.29) is 0 Å². The third-order valence-electron chi connectivity index (χ3n) is 2.33. The van der Waals surface area contributed by atoms with Crippen molar-refractivity contribution in [3.8, 4) is 0 Å². The van der Waals surface area contributed by atoms with Gasteiger partial charge >= 0.3 is 6.09 Å². The molecule has 0 bridgehead atoms. The van der Waals surface area contributed by atoms with Gasteiger partial charge in [0.15, 0.2) is 0 Å². The van der Waals surface area contributed by atoms with Gasteiger partial charge in [0.05, 0.1) is 18.1 Å². The van der Waals surface area contributed by atoms with Crippen LogP contribution in [0.15, 0.2) is 12.1 Å². The minimum atomic E-state index is -0.534. The molecule has 0 fully saturated rings. The second kappa shape index (κ2) is 3.84. The number of rotatable bonds is 1. The Kier molecular flexibility index (Phi) is 2.52. The van der Waals surface area contributed by atoms with Crippen molar-refractivity contribution in [3.63, 3.8) is 0 Å². The molecule has 0 aliphatic rings. The molecule has 0 atom stereocenters. The van der Waals surface area contributed by atoms with Gasteiger partial charge in [-0.1, -0.05) is 6.07 Å². The Morgan fingerprint density at radius 3 is 2.88 bits per heavy atom. The van der Waals surface area contributed by atoms with Crippen LogP contribution in [0.4, 0.5) is 10.7 Å². The highest BCUT2D eigenvalue weighted by molar-refractivity contribution is 5.87. The Morgan fingerprint density at radius 2 is 2.19 bits per heavy atom. The standard InChI is InChI=1S/C11H13N3O2/c1-6-4-7(2)9-8(5-6)12-10(13-9)14-11(15)16-3/h4-5H,1-3H3,(H2,12,13,14,15). The predicted molar refractivity (Wildman–Crippen MR) is 61.6 cm³/mol. The Hall–Kier alpha value is -2.04. The van der Waals surface area contributed by atoms with Crippen LogP contribution < -0.4 is 5.32 Å². The van der Waals surface area contributed by atoms with Crippen molar-refractivity contribution in [2.45, 2.75) is 13.8 Å². The van der Waals surface area contributed by atoms with Crippen LogP contribution in [0, 0.1) is 13.8 Å². The average molecular weight is 219 g/mol. The maximum atomic E-state index is 11.0. The zero-order valence-corrected chi connectivity index (χ0v) is 9.42. The number of methoxy groups -OCH3 is 1. The van der Waals surface area contributed by atoms with Crippen molar-refractivity contribution >= 4 is 23.1 Å². The molecule has 1 heterocycles. The number of H-pyrrole nitrogens is 1. The lowest BCUT2D eigenvalue weighted by molar-refractivity contribution is 0.186. The molecule has 0 aliphatic heterocycles. The van der Waals surface area contributed by atoms with Crippen molar-refractivity contribution < 1.29 is 9.53 Å². The summed E-state index contributed by atoms with van der Waals surface area (Å²) in [6.45, 7) is 4.00. The highest BCUT2D eigenvalue weighted by Gasteiger charge is 2.08. The van der Waals surface area contributed by atoms with Gasteiger partial charge in [-0.3, -0.25) is 5.32 Å². The number of carbonyl (C=O) groups is 1. The zero-order valence-electron chi connectivity index (χ0n) is 9.42. The number of aryl methyl sites for hydroxylation is 2. The maximum Gasteiger partial charge on any atom is 0.413 e. The van der Waals surface area contributed by atoms with Crippen LogP contribution in [-0.2, 0) is 4.74 Å². The molecular formula is C11H13N3O2. The van der Waals surface area contributed by atoms with E-state index in [4.69, 9.17) is 0 Å². The fourth-order valence-corrected chi connectivity index (χ4v) is 1.68. The van der Waals surface area contributed by atoms with E-state index in [9.17, 15) is 4.79 Å². The lowest BCUT2D eigenvalue weighted by Crippen LogP contribution is -2.11. The average Bonchev–Trinajstić information content (AvgIpc) is 2.60. The van der Waals surface area contributed by atoms with E-state index >= 15 is 0 Å². The van der Waals surface area contributed by atoms with Gasteiger partial charge in [0.2, 0.25) is 5.95 Å². The molecule has 5 heteroatoms. The first-order valence-corrected chi connectivity index (χ1v) is 4.92. The minimum Gasteiger partial charge on any atom is -0.453 e. The third kappa shape index (κ3) is 1.84. The Morgan fingerprint density at radius 1 is 1.44 bits per heavy atom. The summed E-state index contributed by atoms with van der Waals surface area (Å²) < 4.78 is 4.49. The molecule has 1 aromatic carbocycles. The predicted octanol–water partition coefficient (Wildman–Crippen LogP) is 2.36. The monoisotopic (exact) mass is 219 g/mol. The van der Waals surface area contributed by atoms with Crippen LogP contribution in [0.2, 0.25) is 0 Å². The van der Waals surface area contributed by atoms with Crippen LogP contribution in [0.1, 0.15) is 11.1 Å². The normalized spacial score (nSPS) is 10.4. The van der Waals surface area contributed by atoms with E-state index in [1.165, 1.54) is 7.11 Å². The summed E-state index contributed by atoms with van der Waals surface area (Å²) in [5.74, 6) is 0.399. The van der Waals surface area contributed by atoms with E-state index in [1.807, 2.05) is 26.0 Å². The number of carbonyl (C=O) groups excluding carboxylic acids is 1. The molecule has 0 unspecified atom stereocenters. The van der Waals surface area contributed by atoms with Gasteiger partial charge in [0.25, 0.3) is 0 Å². The van der Waals surface area contributed by atoms with Crippen molar-refractivity contribution in [2.24, 2.45) is 0 Å². The number of ether oxygens (including phenoxy) is 1. The zero-order chi connectivity index (χ0) is 11.7. The number of imidazole rings is 1. The Bertz CT molecular complexity index is 545. The second-order valence-corrected chi connectivity index (χ2v) is 3.68. The van der Waals surface area contributed by atoms with Gasteiger partial charge in [-0.25, -0.2) is 9.78 Å². The lowest BCUT2D eigenvalue weighted by atomic mass is 10.1. The molecule has 2 aromatic rings. The van der Waals surface area contributed by atoms with Crippen LogP contribution in [0.25, 0.3) is 11.0 Å². The fourth-order valence-electron chi connectivity index (χ4n) is 1.68. The highest BCUT2D eigenvalue weighted by Crippen LogP contribution is 2.20. The van der Waals surface area contributed by atoms with E-state index in [0.717, 1.165) is 22.2 Å². The number of hydrogen-bond acceptors (Lipinski definition) is 3. The van der Waals surface area contributed by atoms with Crippen LogP contribution in [0.3, 0.4) is 0 Å². The Balaban J connectivity index is 2.44. The van der Waals surface area contributed by atoms with Crippen molar-refractivity contribution in [3.05, 3.63) is 23.3 Å². The molecule has 16 heavy (non-hydrogen) atoms. The topological polar surface area (TPSA) is 67.0 Å². The molecule has 5 nitrogen and oxygen atoms in total. The van der Waals surface area contributed by atoms with Crippen molar-refractivity contribution in [1.82, 2.24) is 9.97 Å². The van der Waals surface area contributed by atoms with Crippen molar-refractivity contribution in [1.29, 1.82) is 0 Å².